The van der Waals surface area contributed by atoms with Gasteiger partial charge in [-0.1, -0.05) is 0 Å². The van der Waals surface area contributed by atoms with Gasteiger partial charge in [0.15, 0.2) is 6.29 Å². The van der Waals surface area contributed by atoms with E-state index in [4.69, 9.17) is 19.9 Å². The van der Waals surface area contributed by atoms with Crippen LogP contribution in [0.4, 0.5) is 0 Å². The molecule has 5 heteroatoms. The molecule has 0 aliphatic carbocycles. The molecule has 0 saturated carbocycles. The van der Waals surface area contributed by atoms with Gasteiger partial charge in [-0.2, -0.15) is 0 Å². The van der Waals surface area contributed by atoms with Crippen LogP contribution in [-0.4, -0.2) is 49.0 Å². The molecule has 2 aliphatic rings. The van der Waals surface area contributed by atoms with Crippen LogP contribution in [0.1, 0.15) is 6.92 Å². The Balaban J connectivity index is 2.04. The first-order valence-corrected chi connectivity index (χ1v) is 4.51. The average Bonchev–Trinajstić information content (AvgIpc) is 2.12. The molecule has 5 atom stereocenters. The lowest BCUT2D eigenvalue weighted by Crippen LogP contribution is -2.61. The summed E-state index contributed by atoms with van der Waals surface area (Å²) >= 11 is 0. The van der Waals surface area contributed by atoms with E-state index in [9.17, 15) is 5.11 Å². The van der Waals surface area contributed by atoms with Crippen molar-refractivity contribution in [2.45, 2.75) is 37.6 Å². The van der Waals surface area contributed by atoms with Gasteiger partial charge in [-0.05, 0) is 6.92 Å². The summed E-state index contributed by atoms with van der Waals surface area (Å²) in [5.74, 6) is 0. The van der Waals surface area contributed by atoms with Gasteiger partial charge in [-0.15, -0.1) is 0 Å². The molecule has 3 unspecified atom stereocenters. The number of fused-ring (bicyclic) bond motifs is 1. The lowest BCUT2D eigenvalue weighted by atomic mass is 9.98. The van der Waals surface area contributed by atoms with Crippen molar-refractivity contribution in [1.29, 1.82) is 0 Å². The zero-order chi connectivity index (χ0) is 9.42. The molecule has 0 aromatic heterocycles. The van der Waals surface area contributed by atoms with Crippen molar-refractivity contribution in [3.8, 4) is 0 Å². The van der Waals surface area contributed by atoms with Gasteiger partial charge in [-0.3, -0.25) is 0 Å². The van der Waals surface area contributed by atoms with E-state index in [1.54, 1.807) is 6.92 Å². The summed E-state index contributed by atoms with van der Waals surface area (Å²) in [6, 6.07) is -0.355. The molecule has 0 radical (unpaired) electrons. The molecule has 5 nitrogen and oxygen atoms in total. The Hall–Kier alpha value is -0.200. The Morgan fingerprint density at radius 1 is 1.31 bits per heavy atom. The monoisotopic (exact) mass is 189 g/mol. The van der Waals surface area contributed by atoms with E-state index >= 15 is 0 Å². The van der Waals surface area contributed by atoms with Crippen molar-refractivity contribution in [2.24, 2.45) is 5.73 Å². The second-order valence-corrected chi connectivity index (χ2v) is 3.53. The third-order valence-corrected chi connectivity index (χ3v) is 2.49. The minimum Gasteiger partial charge on any atom is -0.389 e. The van der Waals surface area contributed by atoms with E-state index in [1.165, 1.54) is 0 Å². The molecule has 0 spiro atoms. The molecule has 2 saturated heterocycles. The number of nitrogens with two attached hydrogens (primary N) is 1. The zero-order valence-electron chi connectivity index (χ0n) is 7.55. The van der Waals surface area contributed by atoms with Gasteiger partial charge in [-0.25, -0.2) is 0 Å². The fourth-order valence-corrected chi connectivity index (χ4v) is 1.69. The van der Waals surface area contributed by atoms with Gasteiger partial charge in [0.25, 0.3) is 0 Å². The zero-order valence-corrected chi connectivity index (χ0v) is 7.55. The normalized spacial score (nSPS) is 51.5. The Bertz CT molecular complexity index is 185. The minimum atomic E-state index is -0.648. The molecule has 2 heterocycles. The summed E-state index contributed by atoms with van der Waals surface area (Å²) in [6.07, 6.45) is -1.45. The van der Waals surface area contributed by atoms with Crippen molar-refractivity contribution in [3.63, 3.8) is 0 Å². The molecule has 0 aromatic carbocycles. The first-order chi connectivity index (χ1) is 6.18. The van der Waals surface area contributed by atoms with Crippen molar-refractivity contribution >= 4 is 0 Å². The fraction of sp³-hybridized carbons (Fsp3) is 1.00. The minimum absolute atomic E-state index is 0.175. The van der Waals surface area contributed by atoms with Crippen LogP contribution in [0.2, 0.25) is 0 Å². The smallest absolute Gasteiger partial charge is 0.155 e. The third-order valence-electron chi connectivity index (χ3n) is 2.49. The molecule has 2 aliphatic heterocycles. The molecule has 0 amide bonds. The highest BCUT2D eigenvalue weighted by Gasteiger charge is 2.42. The van der Waals surface area contributed by atoms with Crippen LogP contribution >= 0.6 is 0 Å². The first kappa shape index (κ1) is 9.36. The van der Waals surface area contributed by atoms with E-state index < -0.39 is 6.10 Å². The van der Waals surface area contributed by atoms with E-state index in [0.29, 0.717) is 13.2 Å². The fourth-order valence-electron chi connectivity index (χ4n) is 1.69. The summed E-state index contributed by atoms with van der Waals surface area (Å²) in [6.45, 7) is 2.63. The molecule has 2 fully saturated rings. The van der Waals surface area contributed by atoms with Crippen molar-refractivity contribution in [3.05, 3.63) is 0 Å². The van der Waals surface area contributed by atoms with E-state index in [1.807, 2.05) is 0 Å². The van der Waals surface area contributed by atoms with Gasteiger partial charge in [0.05, 0.1) is 19.3 Å². The van der Waals surface area contributed by atoms with Crippen molar-refractivity contribution < 1.29 is 19.3 Å². The van der Waals surface area contributed by atoms with Crippen molar-refractivity contribution in [1.82, 2.24) is 0 Å². The number of hydrogen-bond donors (Lipinski definition) is 2. The predicted octanol–water partition coefficient (Wildman–Crippen LogP) is -1.17. The molecule has 0 aromatic rings. The molecule has 3 N–H and O–H groups in total. The van der Waals surface area contributed by atoms with Gasteiger partial charge < -0.3 is 25.1 Å². The second kappa shape index (κ2) is 3.51. The first-order valence-electron chi connectivity index (χ1n) is 4.51. The lowest BCUT2D eigenvalue weighted by molar-refractivity contribution is -0.291. The summed E-state index contributed by atoms with van der Waals surface area (Å²) in [5.41, 5.74) is 5.63. The van der Waals surface area contributed by atoms with Gasteiger partial charge >= 0.3 is 0 Å². The van der Waals surface area contributed by atoms with Crippen LogP contribution < -0.4 is 5.73 Å². The molecular formula is C8H15NO4. The molecule has 2 rings (SSSR count). The third kappa shape index (κ3) is 1.70. The van der Waals surface area contributed by atoms with E-state index in [-0.39, 0.29) is 24.5 Å². The number of hydrogen-bond acceptors (Lipinski definition) is 5. The van der Waals surface area contributed by atoms with Crippen LogP contribution in [0.3, 0.4) is 0 Å². The SMILES string of the molecule is CC1OCC2OCC(N)[C@@H](O)[C@@H]2O1. The van der Waals surface area contributed by atoms with Crippen LogP contribution in [0, 0.1) is 0 Å². The topological polar surface area (TPSA) is 73.9 Å². The van der Waals surface area contributed by atoms with E-state index in [0.717, 1.165) is 0 Å². The second-order valence-electron chi connectivity index (χ2n) is 3.53. The highest BCUT2D eigenvalue weighted by Crippen LogP contribution is 2.23. The number of aliphatic hydroxyl groups excluding tert-OH is 1. The van der Waals surface area contributed by atoms with Gasteiger partial charge in [0.1, 0.15) is 18.3 Å². The molecular weight excluding hydrogens is 174 g/mol. The summed E-state index contributed by atoms with van der Waals surface area (Å²) in [4.78, 5) is 0. The number of rotatable bonds is 0. The largest absolute Gasteiger partial charge is 0.389 e. The Kier molecular flexibility index (Phi) is 2.53. The van der Waals surface area contributed by atoms with E-state index in [2.05, 4.69) is 0 Å². The summed E-state index contributed by atoms with van der Waals surface area (Å²) < 4.78 is 16.0. The summed E-state index contributed by atoms with van der Waals surface area (Å²) in [7, 11) is 0. The van der Waals surface area contributed by atoms with Crippen LogP contribution in [0.5, 0.6) is 0 Å². The molecule has 0 bridgehead atoms. The highest BCUT2D eigenvalue weighted by atomic mass is 16.7. The molecule has 76 valence electrons. The quantitative estimate of drug-likeness (QED) is 0.502. The maximum atomic E-state index is 9.71. The Morgan fingerprint density at radius 3 is 2.85 bits per heavy atom. The highest BCUT2D eigenvalue weighted by molar-refractivity contribution is 4.91. The van der Waals surface area contributed by atoms with Crippen LogP contribution in [0.25, 0.3) is 0 Å². The van der Waals surface area contributed by atoms with Crippen molar-refractivity contribution in [2.75, 3.05) is 13.2 Å². The van der Waals surface area contributed by atoms with Gasteiger partial charge in [0, 0.05) is 0 Å². The maximum absolute atomic E-state index is 9.71. The average molecular weight is 189 g/mol. The molecule has 13 heavy (non-hydrogen) atoms. The van der Waals surface area contributed by atoms with Crippen LogP contribution in [0.15, 0.2) is 0 Å². The Morgan fingerprint density at radius 2 is 2.08 bits per heavy atom. The predicted molar refractivity (Wildman–Crippen MR) is 44.0 cm³/mol. The number of aliphatic hydroxyl groups is 1. The maximum Gasteiger partial charge on any atom is 0.155 e. The lowest BCUT2D eigenvalue weighted by Gasteiger charge is -2.43. The number of ether oxygens (including phenoxy) is 3. The van der Waals surface area contributed by atoms with Gasteiger partial charge in [0.2, 0.25) is 0 Å². The summed E-state index contributed by atoms with van der Waals surface area (Å²) in [5, 5.41) is 9.71. The van der Waals surface area contributed by atoms with Crippen LogP contribution in [-0.2, 0) is 14.2 Å². The Labute approximate surface area is 76.8 Å². The standard InChI is InChI=1S/C8H15NO4/c1-4-11-3-6-8(13-4)7(10)5(9)2-12-6/h4-8,10H,2-3,9H2,1H3/t4?,5?,6?,7-,8-/m1/s1.